The van der Waals surface area contributed by atoms with Crippen molar-refractivity contribution >= 4 is 5.97 Å². The molecule has 0 radical (unpaired) electrons. The Morgan fingerprint density at radius 3 is 2.75 bits per heavy atom. The van der Waals surface area contributed by atoms with Crippen molar-refractivity contribution in [3.8, 4) is 5.75 Å². The van der Waals surface area contributed by atoms with E-state index in [4.69, 9.17) is 0 Å². The number of carbonyl (C=O) groups is 1. The van der Waals surface area contributed by atoms with Crippen LogP contribution in [0.2, 0.25) is 0 Å². The number of hydrogen-bond donors (Lipinski definition) is 2. The smallest absolute Gasteiger partial charge is 0.310 e. The second-order valence-corrected chi connectivity index (χ2v) is 2.98. The van der Waals surface area contributed by atoms with E-state index in [1.165, 1.54) is 0 Å². The van der Waals surface area contributed by atoms with Crippen molar-refractivity contribution in [1.29, 1.82) is 0 Å². The average molecular weight is 233 g/mol. The molecule has 7 heteroatoms. The topological polar surface area (TPSA) is 79.4 Å². The van der Waals surface area contributed by atoms with Crippen LogP contribution in [-0.2, 0) is 16.0 Å². The lowest BCUT2D eigenvalue weighted by molar-refractivity contribution is -0.139. The van der Waals surface area contributed by atoms with Gasteiger partial charge in [-0.1, -0.05) is 0 Å². The molecule has 0 aliphatic carbocycles. The van der Waals surface area contributed by atoms with E-state index in [9.17, 15) is 23.5 Å². The number of methoxy groups -OCH3 is 1. The van der Waals surface area contributed by atoms with Crippen LogP contribution in [0, 0.1) is 0 Å². The number of halogens is 2. The fraction of sp³-hybridized carbons (Fsp3) is 0.333. The van der Waals surface area contributed by atoms with E-state index in [1.807, 2.05) is 0 Å². The van der Waals surface area contributed by atoms with Gasteiger partial charge in [-0.15, -0.1) is 0 Å². The summed E-state index contributed by atoms with van der Waals surface area (Å²) in [5.74, 6) is -1.49. The minimum absolute atomic E-state index is 0.189. The van der Waals surface area contributed by atoms with Gasteiger partial charge in [-0.3, -0.25) is 9.59 Å². The number of ether oxygens (including phenoxy) is 1. The van der Waals surface area contributed by atoms with Gasteiger partial charge >= 0.3 is 5.97 Å². The highest BCUT2D eigenvalue weighted by molar-refractivity contribution is 5.73. The number of esters is 1. The quantitative estimate of drug-likeness (QED) is 0.754. The zero-order valence-electron chi connectivity index (χ0n) is 8.29. The van der Waals surface area contributed by atoms with Crippen LogP contribution in [0.15, 0.2) is 10.9 Å². The van der Waals surface area contributed by atoms with Gasteiger partial charge in [0.2, 0.25) is 0 Å². The number of rotatable bonds is 3. The molecule has 2 N–H and O–H groups in total. The molecule has 1 aromatic heterocycles. The third-order valence-electron chi connectivity index (χ3n) is 1.90. The molecule has 88 valence electrons. The van der Waals surface area contributed by atoms with Gasteiger partial charge in [0.1, 0.15) is 0 Å². The Kier molecular flexibility index (Phi) is 3.60. The van der Waals surface area contributed by atoms with Crippen molar-refractivity contribution in [3.05, 3.63) is 27.7 Å². The maximum atomic E-state index is 12.3. The number of carbonyl (C=O) groups excluding carboxylic acids is 1. The summed E-state index contributed by atoms with van der Waals surface area (Å²) in [7, 11) is 1.11. The molecule has 1 aromatic rings. The van der Waals surface area contributed by atoms with Gasteiger partial charge in [-0.2, -0.15) is 0 Å². The van der Waals surface area contributed by atoms with Gasteiger partial charge in [0.05, 0.1) is 19.2 Å². The van der Waals surface area contributed by atoms with Crippen LogP contribution in [0.4, 0.5) is 8.78 Å². The summed E-state index contributed by atoms with van der Waals surface area (Å²) in [4.78, 5) is 23.7. The number of aromatic amines is 1. The van der Waals surface area contributed by atoms with E-state index < -0.39 is 35.8 Å². The summed E-state index contributed by atoms with van der Waals surface area (Å²) in [5.41, 5.74) is -1.90. The predicted molar refractivity (Wildman–Crippen MR) is 49.4 cm³/mol. The largest absolute Gasteiger partial charge is 0.503 e. The third-order valence-corrected chi connectivity index (χ3v) is 1.90. The van der Waals surface area contributed by atoms with Crippen molar-refractivity contribution < 1.29 is 23.4 Å². The van der Waals surface area contributed by atoms with Gasteiger partial charge in [0, 0.05) is 5.56 Å². The number of nitrogens with one attached hydrogen (secondary N) is 1. The van der Waals surface area contributed by atoms with Gasteiger partial charge < -0.3 is 14.8 Å². The van der Waals surface area contributed by atoms with Crippen LogP contribution >= 0.6 is 0 Å². The number of alkyl halides is 2. The number of aromatic nitrogens is 1. The summed E-state index contributed by atoms with van der Waals surface area (Å²) in [6, 6.07) is 0.859. The van der Waals surface area contributed by atoms with Crippen LogP contribution in [0.5, 0.6) is 5.75 Å². The minimum atomic E-state index is -2.88. The fourth-order valence-electron chi connectivity index (χ4n) is 1.11. The summed E-state index contributed by atoms with van der Waals surface area (Å²) in [5, 5.41) is 9.25. The van der Waals surface area contributed by atoms with Crippen LogP contribution in [-0.4, -0.2) is 23.2 Å². The van der Waals surface area contributed by atoms with E-state index >= 15 is 0 Å². The Bertz CT molecular complexity index is 455. The summed E-state index contributed by atoms with van der Waals surface area (Å²) < 4.78 is 28.9. The van der Waals surface area contributed by atoms with E-state index in [1.54, 1.807) is 4.98 Å². The summed E-state index contributed by atoms with van der Waals surface area (Å²) in [6.45, 7) is 0. The normalized spacial score (nSPS) is 10.5. The molecule has 0 saturated carbocycles. The predicted octanol–water partition coefficient (Wildman–Crippen LogP) is 0.734. The monoisotopic (exact) mass is 233 g/mol. The number of H-pyrrole nitrogens is 1. The highest BCUT2D eigenvalue weighted by Gasteiger charge is 2.16. The first-order valence-electron chi connectivity index (χ1n) is 4.25. The van der Waals surface area contributed by atoms with Gasteiger partial charge in [-0.05, 0) is 6.07 Å². The molecule has 16 heavy (non-hydrogen) atoms. The standard InChI is InChI=1S/C9H9F2NO4/c1-16-6(13)3-4-2-5(8(10)11)12-9(15)7(4)14/h2,8,14H,3H2,1H3,(H,12,15). The first kappa shape index (κ1) is 12.2. The Morgan fingerprint density at radius 1 is 1.62 bits per heavy atom. The molecule has 1 rings (SSSR count). The molecule has 0 spiro atoms. The fourth-order valence-corrected chi connectivity index (χ4v) is 1.11. The maximum Gasteiger partial charge on any atom is 0.310 e. The van der Waals surface area contributed by atoms with Crippen LogP contribution in [0.1, 0.15) is 17.7 Å². The Morgan fingerprint density at radius 2 is 2.25 bits per heavy atom. The van der Waals surface area contributed by atoms with E-state index in [0.29, 0.717) is 0 Å². The molecule has 1 heterocycles. The minimum Gasteiger partial charge on any atom is -0.503 e. The molecule has 0 unspecified atom stereocenters. The SMILES string of the molecule is COC(=O)Cc1cc(C(F)F)[nH]c(=O)c1O. The van der Waals surface area contributed by atoms with Crippen LogP contribution in [0.3, 0.4) is 0 Å². The molecular weight excluding hydrogens is 224 g/mol. The van der Waals surface area contributed by atoms with Crippen molar-refractivity contribution in [3.63, 3.8) is 0 Å². The second-order valence-electron chi connectivity index (χ2n) is 2.98. The Hall–Kier alpha value is -1.92. The summed E-state index contributed by atoms with van der Waals surface area (Å²) >= 11 is 0. The van der Waals surface area contributed by atoms with Crippen molar-refractivity contribution in [2.24, 2.45) is 0 Å². The molecule has 0 fully saturated rings. The molecular formula is C9H9F2NO4. The number of pyridine rings is 1. The zero-order valence-corrected chi connectivity index (χ0v) is 8.29. The lowest BCUT2D eigenvalue weighted by Crippen LogP contribution is -2.14. The van der Waals surface area contributed by atoms with E-state index in [2.05, 4.69) is 4.74 Å². The lowest BCUT2D eigenvalue weighted by Gasteiger charge is -2.05. The Labute approximate surface area is 88.7 Å². The highest BCUT2D eigenvalue weighted by atomic mass is 19.3. The molecule has 0 aromatic carbocycles. The Balaban J connectivity index is 3.17. The number of aromatic hydroxyl groups is 1. The molecule has 0 aliphatic rings. The maximum absolute atomic E-state index is 12.3. The molecule has 0 aliphatic heterocycles. The first-order chi connectivity index (χ1) is 7.45. The molecule has 0 amide bonds. The van der Waals surface area contributed by atoms with Crippen molar-refractivity contribution in [1.82, 2.24) is 4.98 Å². The molecule has 0 saturated heterocycles. The van der Waals surface area contributed by atoms with Gasteiger partial charge in [0.25, 0.3) is 12.0 Å². The molecule has 0 bridgehead atoms. The molecule has 0 atom stereocenters. The van der Waals surface area contributed by atoms with Crippen molar-refractivity contribution in [2.45, 2.75) is 12.8 Å². The molecule has 5 nitrogen and oxygen atoms in total. The van der Waals surface area contributed by atoms with Gasteiger partial charge in [0.15, 0.2) is 5.75 Å². The summed E-state index contributed by atoms with van der Waals surface area (Å²) in [6.07, 6.45) is -3.32. The number of hydrogen-bond acceptors (Lipinski definition) is 4. The first-order valence-corrected chi connectivity index (χ1v) is 4.25. The highest BCUT2D eigenvalue weighted by Crippen LogP contribution is 2.20. The average Bonchev–Trinajstić information content (AvgIpc) is 2.23. The van der Waals surface area contributed by atoms with Crippen LogP contribution in [0.25, 0.3) is 0 Å². The second kappa shape index (κ2) is 4.73. The zero-order chi connectivity index (χ0) is 12.3. The third kappa shape index (κ3) is 2.56. The van der Waals surface area contributed by atoms with Crippen LogP contribution < -0.4 is 5.56 Å². The lowest BCUT2D eigenvalue weighted by atomic mass is 10.1. The van der Waals surface area contributed by atoms with E-state index in [-0.39, 0.29) is 5.56 Å². The van der Waals surface area contributed by atoms with Crippen molar-refractivity contribution in [2.75, 3.05) is 7.11 Å². The van der Waals surface area contributed by atoms with Gasteiger partial charge in [-0.25, -0.2) is 8.78 Å². The van der Waals surface area contributed by atoms with E-state index in [0.717, 1.165) is 13.2 Å².